The molecule has 0 N–H and O–H groups in total. The summed E-state index contributed by atoms with van der Waals surface area (Å²) in [7, 11) is 0. The smallest absolute Gasteiger partial charge is 0.355 e. The van der Waals surface area contributed by atoms with E-state index in [1.54, 1.807) is 16.2 Å². The van der Waals surface area contributed by atoms with E-state index in [1.807, 2.05) is 24.8 Å². The van der Waals surface area contributed by atoms with E-state index < -0.39 is 11.7 Å². The van der Waals surface area contributed by atoms with E-state index in [1.165, 1.54) is 6.07 Å². The molecule has 1 fully saturated rings. The number of halogens is 3. The number of anilines is 1. The maximum Gasteiger partial charge on any atom is 0.417 e. The largest absolute Gasteiger partial charge is 0.417 e. The molecule has 1 amide bonds. The Balaban J connectivity index is 1.53. The SMILES string of the molecule is Cc1cc(C(=O)CCC(=O)N2CCCN(c3ccc(C(F)(F)F)cn3)CC2)c(C)s1. The summed E-state index contributed by atoms with van der Waals surface area (Å²) >= 11 is 1.57. The Morgan fingerprint density at radius 3 is 2.47 bits per heavy atom. The molecule has 162 valence electrons. The summed E-state index contributed by atoms with van der Waals surface area (Å²) < 4.78 is 38.1. The van der Waals surface area contributed by atoms with Gasteiger partial charge in [-0.05, 0) is 38.5 Å². The van der Waals surface area contributed by atoms with Crippen molar-refractivity contribution in [3.8, 4) is 0 Å². The maximum absolute atomic E-state index is 12.7. The summed E-state index contributed by atoms with van der Waals surface area (Å²) in [4.78, 5) is 34.6. The highest BCUT2D eigenvalue weighted by Crippen LogP contribution is 2.29. The molecule has 0 aromatic carbocycles. The first-order valence-corrected chi connectivity index (χ1v) is 10.6. The van der Waals surface area contributed by atoms with Gasteiger partial charge in [0.25, 0.3) is 0 Å². The molecule has 30 heavy (non-hydrogen) atoms. The normalized spacial score (nSPS) is 15.2. The first kappa shape index (κ1) is 22.3. The summed E-state index contributed by atoms with van der Waals surface area (Å²) in [5, 5.41) is 0. The van der Waals surface area contributed by atoms with Crippen LogP contribution >= 0.6 is 11.3 Å². The van der Waals surface area contributed by atoms with Gasteiger partial charge < -0.3 is 9.80 Å². The van der Waals surface area contributed by atoms with Gasteiger partial charge in [-0.1, -0.05) is 0 Å². The molecule has 2 aromatic heterocycles. The molecule has 0 saturated carbocycles. The van der Waals surface area contributed by atoms with Gasteiger partial charge in [-0.3, -0.25) is 9.59 Å². The van der Waals surface area contributed by atoms with Crippen molar-refractivity contribution in [3.63, 3.8) is 0 Å². The second-order valence-corrected chi connectivity index (χ2v) is 8.83. The number of hydrogen-bond acceptors (Lipinski definition) is 5. The highest BCUT2D eigenvalue weighted by atomic mass is 32.1. The van der Waals surface area contributed by atoms with E-state index in [-0.39, 0.29) is 24.5 Å². The van der Waals surface area contributed by atoms with Gasteiger partial charge >= 0.3 is 6.18 Å². The number of pyridine rings is 1. The van der Waals surface area contributed by atoms with E-state index in [9.17, 15) is 22.8 Å². The van der Waals surface area contributed by atoms with Gasteiger partial charge in [0.05, 0.1) is 5.56 Å². The Hall–Kier alpha value is -2.42. The Labute approximate surface area is 177 Å². The number of carbonyl (C=O) groups is 2. The topological polar surface area (TPSA) is 53.5 Å². The van der Waals surface area contributed by atoms with Crippen LogP contribution in [0, 0.1) is 13.8 Å². The van der Waals surface area contributed by atoms with Crippen molar-refractivity contribution in [2.75, 3.05) is 31.1 Å². The predicted octanol–water partition coefficient (Wildman–Crippen LogP) is 4.48. The van der Waals surface area contributed by atoms with Gasteiger partial charge in [-0.25, -0.2) is 4.98 Å². The monoisotopic (exact) mass is 439 g/mol. The lowest BCUT2D eigenvalue weighted by Crippen LogP contribution is -2.35. The zero-order chi connectivity index (χ0) is 21.9. The third-order valence-corrected chi connectivity index (χ3v) is 6.12. The summed E-state index contributed by atoms with van der Waals surface area (Å²) in [5.41, 5.74) is -0.0840. The van der Waals surface area contributed by atoms with Crippen molar-refractivity contribution in [2.45, 2.75) is 39.3 Å². The molecular formula is C21H24F3N3O2S. The third-order valence-electron chi connectivity index (χ3n) is 5.16. The van der Waals surface area contributed by atoms with Gasteiger partial charge in [0.2, 0.25) is 5.91 Å². The van der Waals surface area contributed by atoms with Crippen LogP contribution in [0.3, 0.4) is 0 Å². The van der Waals surface area contributed by atoms with Crippen LogP contribution in [-0.2, 0) is 11.0 Å². The van der Waals surface area contributed by atoms with Crippen LogP contribution in [0.1, 0.15) is 44.9 Å². The van der Waals surface area contributed by atoms with Crippen molar-refractivity contribution < 1.29 is 22.8 Å². The third kappa shape index (κ3) is 5.38. The number of rotatable bonds is 5. The van der Waals surface area contributed by atoms with Crippen LogP contribution in [0.5, 0.6) is 0 Å². The lowest BCUT2D eigenvalue weighted by molar-refractivity contribution is -0.137. The number of nitrogens with zero attached hydrogens (tertiary/aromatic N) is 3. The van der Waals surface area contributed by atoms with Crippen LogP contribution < -0.4 is 4.90 Å². The zero-order valence-electron chi connectivity index (χ0n) is 17.0. The molecular weight excluding hydrogens is 415 g/mol. The molecule has 0 atom stereocenters. The van der Waals surface area contributed by atoms with Crippen LogP contribution in [0.15, 0.2) is 24.4 Å². The molecule has 0 bridgehead atoms. The fraction of sp³-hybridized carbons (Fsp3) is 0.476. The number of carbonyl (C=O) groups excluding carboxylic acids is 2. The number of hydrogen-bond donors (Lipinski definition) is 0. The Kier molecular flexibility index (Phi) is 6.80. The standard InChI is InChI=1S/C21H24F3N3O2S/c1-14-12-17(15(2)30-14)18(28)5-7-20(29)27-9-3-8-26(10-11-27)19-6-4-16(13-25-19)21(22,23)24/h4,6,12-13H,3,5,7-11H2,1-2H3. The fourth-order valence-corrected chi connectivity index (χ4v) is 4.50. The molecule has 9 heteroatoms. The molecule has 1 aliphatic rings. The van der Waals surface area contributed by atoms with Crippen molar-refractivity contribution in [3.05, 3.63) is 45.3 Å². The average Bonchev–Trinajstić information content (AvgIpc) is 2.90. The lowest BCUT2D eigenvalue weighted by atomic mass is 10.1. The number of thiophene rings is 1. The minimum Gasteiger partial charge on any atom is -0.355 e. The molecule has 0 radical (unpaired) electrons. The first-order chi connectivity index (χ1) is 14.1. The van der Waals surface area contributed by atoms with Crippen LogP contribution in [-0.4, -0.2) is 47.8 Å². The Morgan fingerprint density at radius 2 is 1.87 bits per heavy atom. The highest BCUT2D eigenvalue weighted by Gasteiger charge is 2.31. The van der Waals surface area contributed by atoms with Crippen molar-refractivity contribution in [1.82, 2.24) is 9.88 Å². The molecule has 3 rings (SSSR count). The number of alkyl halides is 3. The minimum absolute atomic E-state index is 0.0180. The van der Waals surface area contributed by atoms with Gasteiger partial charge in [-0.15, -0.1) is 11.3 Å². The number of aryl methyl sites for hydroxylation is 2. The minimum atomic E-state index is -4.41. The van der Waals surface area contributed by atoms with E-state index in [0.29, 0.717) is 44.0 Å². The van der Waals surface area contributed by atoms with Crippen molar-refractivity contribution in [2.24, 2.45) is 0 Å². The lowest BCUT2D eigenvalue weighted by Gasteiger charge is -2.23. The predicted molar refractivity (Wildman–Crippen MR) is 110 cm³/mol. The van der Waals surface area contributed by atoms with E-state index in [0.717, 1.165) is 22.0 Å². The maximum atomic E-state index is 12.7. The Morgan fingerprint density at radius 1 is 1.10 bits per heavy atom. The highest BCUT2D eigenvalue weighted by molar-refractivity contribution is 7.12. The quantitative estimate of drug-likeness (QED) is 0.645. The summed E-state index contributed by atoms with van der Waals surface area (Å²) in [6, 6.07) is 4.26. The van der Waals surface area contributed by atoms with Crippen molar-refractivity contribution >= 4 is 28.8 Å². The van der Waals surface area contributed by atoms with Gasteiger partial charge in [0.15, 0.2) is 5.78 Å². The molecule has 3 heterocycles. The zero-order valence-corrected chi connectivity index (χ0v) is 17.8. The molecule has 1 saturated heterocycles. The second-order valence-electron chi connectivity index (χ2n) is 7.37. The van der Waals surface area contributed by atoms with E-state index >= 15 is 0 Å². The summed E-state index contributed by atoms with van der Waals surface area (Å²) in [5.74, 6) is 0.376. The number of aromatic nitrogens is 1. The first-order valence-electron chi connectivity index (χ1n) is 9.81. The van der Waals surface area contributed by atoms with Crippen molar-refractivity contribution in [1.29, 1.82) is 0 Å². The summed E-state index contributed by atoms with van der Waals surface area (Å²) in [6.45, 7) is 5.96. The molecule has 2 aromatic rings. The molecule has 5 nitrogen and oxygen atoms in total. The summed E-state index contributed by atoms with van der Waals surface area (Å²) in [6.07, 6.45) is -2.55. The molecule has 1 aliphatic heterocycles. The van der Waals surface area contributed by atoms with Gasteiger partial charge in [0, 0.05) is 60.5 Å². The Bertz CT molecular complexity index is 909. The number of amides is 1. The van der Waals surface area contributed by atoms with E-state index in [4.69, 9.17) is 0 Å². The van der Waals surface area contributed by atoms with Crippen LogP contribution in [0.4, 0.5) is 19.0 Å². The molecule has 0 aliphatic carbocycles. The molecule has 0 unspecified atom stereocenters. The van der Waals surface area contributed by atoms with Gasteiger partial charge in [-0.2, -0.15) is 13.2 Å². The number of ketones is 1. The van der Waals surface area contributed by atoms with Crippen LogP contribution in [0.25, 0.3) is 0 Å². The van der Waals surface area contributed by atoms with Crippen LogP contribution in [0.2, 0.25) is 0 Å². The van der Waals surface area contributed by atoms with E-state index in [2.05, 4.69) is 4.98 Å². The van der Waals surface area contributed by atoms with Gasteiger partial charge in [0.1, 0.15) is 5.82 Å². The fourth-order valence-electron chi connectivity index (χ4n) is 3.56. The molecule has 0 spiro atoms. The number of Topliss-reactive ketones (excluding diaryl/α,β-unsaturated/α-hetero) is 1. The average molecular weight is 440 g/mol. The second kappa shape index (κ2) is 9.16.